The van der Waals surface area contributed by atoms with Gasteiger partial charge in [0.1, 0.15) is 0 Å². The summed E-state index contributed by atoms with van der Waals surface area (Å²) in [6.07, 6.45) is 0. The highest BCUT2D eigenvalue weighted by Crippen LogP contribution is 2.28. The highest BCUT2D eigenvalue weighted by molar-refractivity contribution is 8.00. The quantitative estimate of drug-likeness (QED) is 0.621. The van der Waals surface area contributed by atoms with Crippen molar-refractivity contribution in [3.8, 4) is 0 Å². The van der Waals surface area contributed by atoms with E-state index in [1.54, 1.807) is 19.9 Å². The number of amides is 3. The molecule has 9 nitrogen and oxygen atoms in total. The van der Waals surface area contributed by atoms with E-state index in [1.165, 1.54) is 23.9 Å². The van der Waals surface area contributed by atoms with E-state index in [1.807, 2.05) is 11.5 Å². The van der Waals surface area contributed by atoms with Gasteiger partial charge in [-0.1, -0.05) is 11.8 Å². The van der Waals surface area contributed by atoms with E-state index in [9.17, 15) is 18.0 Å². The predicted octanol–water partition coefficient (Wildman–Crippen LogP) is 1.03. The average Bonchev–Trinajstić information content (AvgIpc) is 2.90. The second kappa shape index (κ2) is 8.06. The molecule has 0 aliphatic carbocycles. The minimum absolute atomic E-state index is 0.0238. The smallest absolute Gasteiger partial charge is 0.321 e. The number of sulfonamides is 1. The van der Waals surface area contributed by atoms with Crippen LogP contribution in [0.4, 0.5) is 4.79 Å². The van der Waals surface area contributed by atoms with Gasteiger partial charge in [-0.05, 0) is 39.0 Å². The maximum atomic E-state index is 12.1. The van der Waals surface area contributed by atoms with Crippen molar-refractivity contribution in [1.29, 1.82) is 0 Å². The number of urea groups is 1. The molecule has 2 rings (SSSR count). The van der Waals surface area contributed by atoms with Gasteiger partial charge in [-0.25, -0.2) is 23.3 Å². The molecular weight excluding hydrogens is 378 g/mol. The fourth-order valence-electron chi connectivity index (χ4n) is 2.29. The zero-order valence-electron chi connectivity index (χ0n) is 14.6. The van der Waals surface area contributed by atoms with Gasteiger partial charge < -0.3 is 9.88 Å². The van der Waals surface area contributed by atoms with E-state index in [0.29, 0.717) is 23.8 Å². The van der Waals surface area contributed by atoms with Crippen LogP contribution in [0.3, 0.4) is 0 Å². The fourth-order valence-corrected chi connectivity index (χ4v) is 3.81. The topological polar surface area (TPSA) is 136 Å². The number of nitrogens with two attached hydrogens (primary N) is 1. The van der Waals surface area contributed by atoms with Crippen LogP contribution in [0.5, 0.6) is 0 Å². The zero-order chi connectivity index (χ0) is 19.5. The highest BCUT2D eigenvalue weighted by Gasteiger charge is 2.21. The van der Waals surface area contributed by atoms with Crippen LogP contribution in [0.2, 0.25) is 0 Å². The molecule has 0 bridgehead atoms. The molecule has 11 heteroatoms. The summed E-state index contributed by atoms with van der Waals surface area (Å²) in [5.74, 6) is -0.444. The van der Waals surface area contributed by atoms with Crippen LogP contribution in [0.25, 0.3) is 11.0 Å². The monoisotopic (exact) mass is 399 g/mol. The number of aryl methyl sites for hydroxylation is 1. The number of rotatable bonds is 6. The van der Waals surface area contributed by atoms with Crippen LogP contribution in [0.15, 0.2) is 28.3 Å². The maximum Gasteiger partial charge on any atom is 0.321 e. The summed E-state index contributed by atoms with van der Waals surface area (Å²) >= 11 is 1.18. The first-order valence-corrected chi connectivity index (χ1v) is 10.4. The zero-order valence-corrected chi connectivity index (χ0v) is 16.3. The van der Waals surface area contributed by atoms with Crippen molar-refractivity contribution < 1.29 is 18.0 Å². The number of thioether (sulfide) groups is 1. The standard InChI is InChI=1S/C15H21N5O4S2/c1-4-17-14(22)19-13(21)9(3)25-15-18-11-8-10(26(16,23)24)6-7-12(11)20(15)5-2/h6-9H,4-5H2,1-3H3,(H2,16,23,24)(H2,17,19,21,22). The summed E-state index contributed by atoms with van der Waals surface area (Å²) in [6.45, 7) is 6.32. The van der Waals surface area contributed by atoms with E-state index >= 15 is 0 Å². The van der Waals surface area contributed by atoms with Crippen molar-refractivity contribution >= 4 is 44.8 Å². The van der Waals surface area contributed by atoms with Gasteiger partial charge in [-0.15, -0.1) is 0 Å². The molecule has 2 aromatic rings. The molecule has 0 aliphatic heterocycles. The fraction of sp³-hybridized carbons (Fsp3) is 0.400. The predicted molar refractivity (Wildman–Crippen MR) is 99.3 cm³/mol. The molecule has 4 N–H and O–H groups in total. The number of hydrogen-bond acceptors (Lipinski definition) is 6. The van der Waals surface area contributed by atoms with Gasteiger partial charge in [0.15, 0.2) is 5.16 Å². The molecule has 1 atom stereocenters. The number of nitrogens with one attached hydrogen (secondary N) is 2. The summed E-state index contributed by atoms with van der Waals surface area (Å²) in [7, 11) is -3.82. The minimum Gasteiger partial charge on any atom is -0.338 e. The Hall–Kier alpha value is -2.11. The van der Waals surface area contributed by atoms with Crippen LogP contribution >= 0.6 is 11.8 Å². The number of fused-ring (bicyclic) bond motifs is 1. The van der Waals surface area contributed by atoms with Gasteiger partial charge in [0, 0.05) is 13.1 Å². The van der Waals surface area contributed by atoms with E-state index in [2.05, 4.69) is 15.6 Å². The molecule has 0 saturated carbocycles. The van der Waals surface area contributed by atoms with Crippen molar-refractivity contribution in [2.45, 2.75) is 42.6 Å². The Balaban J connectivity index is 2.28. The van der Waals surface area contributed by atoms with Gasteiger partial charge in [-0.3, -0.25) is 10.1 Å². The second-order valence-corrected chi connectivity index (χ2v) is 8.31. The third-order valence-electron chi connectivity index (χ3n) is 3.55. The van der Waals surface area contributed by atoms with Crippen molar-refractivity contribution in [3.05, 3.63) is 18.2 Å². The molecule has 3 amide bonds. The molecule has 26 heavy (non-hydrogen) atoms. The first kappa shape index (κ1) is 20.2. The Kier molecular flexibility index (Phi) is 6.26. The Morgan fingerprint density at radius 2 is 2.04 bits per heavy atom. The molecule has 1 heterocycles. The van der Waals surface area contributed by atoms with Gasteiger partial charge in [-0.2, -0.15) is 0 Å². The van der Waals surface area contributed by atoms with Gasteiger partial charge in [0.2, 0.25) is 15.9 Å². The van der Waals surface area contributed by atoms with Crippen LogP contribution in [0, 0.1) is 0 Å². The van der Waals surface area contributed by atoms with E-state index < -0.39 is 27.2 Å². The van der Waals surface area contributed by atoms with Crippen molar-refractivity contribution in [2.75, 3.05) is 6.54 Å². The Morgan fingerprint density at radius 3 is 2.62 bits per heavy atom. The van der Waals surface area contributed by atoms with Gasteiger partial charge in [0.05, 0.1) is 21.2 Å². The lowest BCUT2D eigenvalue weighted by Gasteiger charge is -2.12. The molecule has 1 aromatic heterocycles. The van der Waals surface area contributed by atoms with Crippen LogP contribution in [0.1, 0.15) is 20.8 Å². The number of hydrogen-bond donors (Lipinski definition) is 3. The number of carbonyl (C=O) groups is 2. The average molecular weight is 399 g/mol. The Bertz CT molecular complexity index is 939. The number of imidazole rings is 1. The molecule has 0 spiro atoms. The number of primary sulfonamides is 1. The molecule has 0 fully saturated rings. The first-order valence-electron chi connectivity index (χ1n) is 7.95. The minimum atomic E-state index is -3.82. The Morgan fingerprint density at radius 1 is 1.35 bits per heavy atom. The maximum absolute atomic E-state index is 12.1. The number of carbonyl (C=O) groups excluding carboxylic acids is 2. The van der Waals surface area contributed by atoms with Crippen LogP contribution in [-0.2, 0) is 21.4 Å². The van der Waals surface area contributed by atoms with Crippen LogP contribution < -0.4 is 15.8 Å². The van der Waals surface area contributed by atoms with Crippen molar-refractivity contribution in [1.82, 2.24) is 20.2 Å². The lowest BCUT2D eigenvalue weighted by molar-refractivity contribution is -0.119. The molecule has 0 aliphatic rings. The summed E-state index contributed by atoms with van der Waals surface area (Å²) in [5, 5.41) is 9.88. The molecule has 1 unspecified atom stereocenters. The largest absolute Gasteiger partial charge is 0.338 e. The molecule has 142 valence electrons. The highest BCUT2D eigenvalue weighted by atomic mass is 32.2. The van der Waals surface area contributed by atoms with Crippen molar-refractivity contribution in [2.24, 2.45) is 5.14 Å². The SMILES string of the molecule is CCNC(=O)NC(=O)C(C)Sc1nc2cc(S(N)(=O)=O)ccc2n1CC. The first-order chi connectivity index (χ1) is 12.2. The van der Waals surface area contributed by atoms with E-state index in [-0.39, 0.29) is 4.90 Å². The molecular formula is C15H21N5O4S2. The van der Waals surface area contributed by atoms with Crippen molar-refractivity contribution in [3.63, 3.8) is 0 Å². The lowest BCUT2D eigenvalue weighted by Crippen LogP contribution is -2.42. The lowest BCUT2D eigenvalue weighted by atomic mass is 10.3. The summed E-state index contributed by atoms with van der Waals surface area (Å²) < 4.78 is 24.9. The summed E-state index contributed by atoms with van der Waals surface area (Å²) in [4.78, 5) is 28.0. The molecule has 1 aromatic carbocycles. The molecule has 0 saturated heterocycles. The van der Waals surface area contributed by atoms with Crippen LogP contribution in [-0.4, -0.2) is 41.7 Å². The summed E-state index contributed by atoms with van der Waals surface area (Å²) in [6, 6.07) is 3.91. The third-order valence-corrected chi connectivity index (χ3v) is 5.56. The van der Waals surface area contributed by atoms with E-state index in [0.717, 1.165) is 5.52 Å². The van der Waals surface area contributed by atoms with Gasteiger partial charge >= 0.3 is 6.03 Å². The number of benzene rings is 1. The number of imide groups is 1. The normalized spacial score (nSPS) is 12.8. The number of nitrogens with zero attached hydrogens (tertiary/aromatic N) is 2. The number of aromatic nitrogens is 2. The molecule has 0 radical (unpaired) electrons. The Labute approximate surface area is 155 Å². The second-order valence-electron chi connectivity index (χ2n) is 5.44. The van der Waals surface area contributed by atoms with Gasteiger partial charge in [0.25, 0.3) is 0 Å². The summed E-state index contributed by atoms with van der Waals surface area (Å²) in [5.41, 5.74) is 1.20. The van der Waals surface area contributed by atoms with E-state index in [4.69, 9.17) is 5.14 Å². The third kappa shape index (κ3) is 4.54.